The zero-order valence-corrected chi connectivity index (χ0v) is 14.0. The summed E-state index contributed by atoms with van der Waals surface area (Å²) in [7, 11) is 1.64. The first-order chi connectivity index (χ1) is 11.2. The van der Waals surface area contributed by atoms with Gasteiger partial charge in [-0.05, 0) is 55.8 Å². The van der Waals surface area contributed by atoms with Crippen molar-refractivity contribution in [3.05, 3.63) is 59.7 Å². The second kappa shape index (κ2) is 8.22. The van der Waals surface area contributed by atoms with E-state index < -0.39 is 0 Å². The third kappa shape index (κ3) is 4.49. The number of nitrogens with zero attached hydrogens (tertiary/aromatic N) is 1. The van der Waals surface area contributed by atoms with Gasteiger partial charge in [0.05, 0.1) is 7.11 Å². The molecule has 0 radical (unpaired) electrons. The van der Waals surface area contributed by atoms with Crippen molar-refractivity contribution >= 4 is 11.6 Å². The van der Waals surface area contributed by atoms with Crippen molar-refractivity contribution in [2.45, 2.75) is 20.4 Å². The van der Waals surface area contributed by atoms with Crippen LogP contribution in [0.2, 0.25) is 0 Å². The molecule has 0 heterocycles. The predicted molar refractivity (Wildman–Crippen MR) is 94.2 cm³/mol. The Labute approximate surface area is 138 Å². The highest BCUT2D eigenvalue weighted by Gasteiger charge is 2.07. The summed E-state index contributed by atoms with van der Waals surface area (Å²) in [6.07, 6.45) is 0. The average molecular weight is 312 g/mol. The Morgan fingerprint density at radius 1 is 1.00 bits per heavy atom. The first-order valence-corrected chi connectivity index (χ1v) is 7.94. The summed E-state index contributed by atoms with van der Waals surface area (Å²) in [6, 6.07) is 15.4. The molecule has 1 amide bonds. The number of benzene rings is 2. The lowest BCUT2D eigenvalue weighted by atomic mass is 10.1. The van der Waals surface area contributed by atoms with E-state index in [0.29, 0.717) is 12.1 Å². The predicted octanol–water partition coefficient (Wildman–Crippen LogP) is 3.47. The Morgan fingerprint density at radius 2 is 1.61 bits per heavy atom. The molecule has 2 rings (SSSR count). The molecular weight excluding hydrogens is 288 g/mol. The Kier molecular flexibility index (Phi) is 6.03. The Bertz CT molecular complexity index is 617. The Morgan fingerprint density at radius 3 is 2.13 bits per heavy atom. The van der Waals surface area contributed by atoms with Crippen molar-refractivity contribution in [3.8, 4) is 5.75 Å². The monoisotopic (exact) mass is 312 g/mol. The van der Waals surface area contributed by atoms with Gasteiger partial charge in [0.1, 0.15) is 5.75 Å². The van der Waals surface area contributed by atoms with Crippen molar-refractivity contribution in [2.75, 3.05) is 25.1 Å². The number of carbonyl (C=O) groups is 1. The van der Waals surface area contributed by atoms with Crippen LogP contribution in [0.15, 0.2) is 48.5 Å². The van der Waals surface area contributed by atoms with Gasteiger partial charge in [0.15, 0.2) is 0 Å². The summed E-state index contributed by atoms with van der Waals surface area (Å²) in [5.41, 5.74) is 2.86. The maximum atomic E-state index is 12.2. The highest BCUT2D eigenvalue weighted by atomic mass is 16.5. The quantitative estimate of drug-likeness (QED) is 0.851. The normalized spacial score (nSPS) is 10.2. The smallest absolute Gasteiger partial charge is 0.251 e. The molecule has 0 unspecified atom stereocenters. The molecule has 23 heavy (non-hydrogen) atoms. The highest BCUT2D eigenvalue weighted by molar-refractivity contribution is 5.94. The number of amides is 1. The number of rotatable bonds is 7. The molecule has 0 aliphatic carbocycles. The minimum absolute atomic E-state index is 0.0630. The van der Waals surface area contributed by atoms with Crippen LogP contribution in [0.5, 0.6) is 5.75 Å². The van der Waals surface area contributed by atoms with Gasteiger partial charge in [-0.3, -0.25) is 4.79 Å². The first kappa shape index (κ1) is 16.9. The van der Waals surface area contributed by atoms with Crippen LogP contribution in [0, 0.1) is 0 Å². The molecule has 0 fully saturated rings. The van der Waals surface area contributed by atoms with E-state index in [1.807, 2.05) is 48.5 Å². The third-order valence-corrected chi connectivity index (χ3v) is 3.87. The minimum Gasteiger partial charge on any atom is -0.497 e. The first-order valence-electron chi connectivity index (χ1n) is 7.94. The van der Waals surface area contributed by atoms with Gasteiger partial charge < -0.3 is 15.0 Å². The molecule has 4 nitrogen and oxygen atoms in total. The molecule has 0 bridgehead atoms. The van der Waals surface area contributed by atoms with E-state index in [2.05, 4.69) is 24.1 Å². The van der Waals surface area contributed by atoms with E-state index in [9.17, 15) is 4.79 Å². The van der Waals surface area contributed by atoms with Crippen LogP contribution < -0.4 is 15.0 Å². The van der Waals surface area contributed by atoms with E-state index in [4.69, 9.17) is 4.74 Å². The van der Waals surface area contributed by atoms with Crippen LogP contribution >= 0.6 is 0 Å². The van der Waals surface area contributed by atoms with Crippen LogP contribution in [0.1, 0.15) is 29.8 Å². The van der Waals surface area contributed by atoms with Crippen LogP contribution in [0.25, 0.3) is 0 Å². The van der Waals surface area contributed by atoms with Gasteiger partial charge in [0, 0.05) is 30.9 Å². The minimum atomic E-state index is -0.0630. The van der Waals surface area contributed by atoms with Gasteiger partial charge in [-0.15, -0.1) is 0 Å². The van der Waals surface area contributed by atoms with Crippen LogP contribution in [-0.4, -0.2) is 26.1 Å². The molecule has 0 saturated carbocycles. The summed E-state index contributed by atoms with van der Waals surface area (Å²) >= 11 is 0. The molecule has 0 aromatic heterocycles. The molecule has 0 atom stereocenters. The summed E-state index contributed by atoms with van der Waals surface area (Å²) in [5.74, 6) is 0.749. The van der Waals surface area contributed by atoms with E-state index >= 15 is 0 Å². The fourth-order valence-electron chi connectivity index (χ4n) is 2.44. The van der Waals surface area contributed by atoms with Crippen molar-refractivity contribution in [2.24, 2.45) is 0 Å². The van der Waals surface area contributed by atoms with E-state index in [1.165, 1.54) is 0 Å². The summed E-state index contributed by atoms with van der Waals surface area (Å²) in [6.45, 7) is 6.66. The lowest BCUT2D eigenvalue weighted by Crippen LogP contribution is -2.24. The van der Waals surface area contributed by atoms with Gasteiger partial charge in [-0.25, -0.2) is 0 Å². The number of anilines is 1. The fraction of sp³-hybridized carbons (Fsp3) is 0.316. The number of hydrogen-bond acceptors (Lipinski definition) is 3. The van der Waals surface area contributed by atoms with Crippen LogP contribution in [0.4, 0.5) is 5.69 Å². The molecule has 0 aliphatic rings. The molecule has 0 spiro atoms. The van der Waals surface area contributed by atoms with Crippen molar-refractivity contribution in [1.29, 1.82) is 0 Å². The topological polar surface area (TPSA) is 41.6 Å². The average Bonchev–Trinajstić information content (AvgIpc) is 2.61. The van der Waals surface area contributed by atoms with Gasteiger partial charge in [0.25, 0.3) is 5.91 Å². The SMILES string of the molecule is CCN(CC)c1ccc(C(=O)NCc2ccc(OC)cc2)cc1. The molecule has 0 aliphatic heterocycles. The Balaban J connectivity index is 1.94. The summed E-state index contributed by atoms with van der Waals surface area (Å²) < 4.78 is 5.12. The number of ether oxygens (including phenoxy) is 1. The third-order valence-electron chi connectivity index (χ3n) is 3.87. The van der Waals surface area contributed by atoms with Gasteiger partial charge in [0.2, 0.25) is 0 Å². The Hall–Kier alpha value is -2.49. The lowest BCUT2D eigenvalue weighted by molar-refractivity contribution is 0.0951. The largest absolute Gasteiger partial charge is 0.497 e. The van der Waals surface area contributed by atoms with Crippen molar-refractivity contribution in [1.82, 2.24) is 5.32 Å². The van der Waals surface area contributed by atoms with E-state index in [0.717, 1.165) is 30.1 Å². The van der Waals surface area contributed by atoms with Gasteiger partial charge in [-0.1, -0.05) is 12.1 Å². The molecule has 122 valence electrons. The molecule has 2 aromatic rings. The molecule has 1 N–H and O–H groups in total. The van der Waals surface area contributed by atoms with Crippen LogP contribution in [0.3, 0.4) is 0 Å². The highest BCUT2D eigenvalue weighted by Crippen LogP contribution is 2.15. The second-order valence-electron chi connectivity index (χ2n) is 5.25. The van der Waals surface area contributed by atoms with Gasteiger partial charge in [-0.2, -0.15) is 0 Å². The zero-order valence-electron chi connectivity index (χ0n) is 14.0. The number of carbonyl (C=O) groups excluding carboxylic acids is 1. The maximum absolute atomic E-state index is 12.2. The molecule has 4 heteroatoms. The molecule has 2 aromatic carbocycles. The summed E-state index contributed by atoms with van der Waals surface area (Å²) in [4.78, 5) is 14.5. The van der Waals surface area contributed by atoms with E-state index in [1.54, 1.807) is 7.11 Å². The molecule has 0 saturated heterocycles. The number of nitrogens with one attached hydrogen (secondary N) is 1. The summed E-state index contributed by atoms with van der Waals surface area (Å²) in [5, 5.41) is 2.94. The molecular formula is C19H24N2O2. The zero-order chi connectivity index (χ0) is 16.7. The fourth-order valence-corrected chi connectivity index (χ4v) is 2.44. The number of methoxy groups -OCH3 is 1. The van der Waals surface area contributed by atoms with Crippen molar-refractivity contribution < 1.29 is 9.53 Å². The lowest BCUT2D eigenvalue weighted by Gasteiger charge is -2.21. The van der Waals surface area contributed by atoms with Crippen molar-refractivity contribution in [3.63, 3.8) is 0 Å². The van der Waals surface area contributed by atoms with Crippen LogP contribution in [-0.2, 0) is 6.54 Å². The second-order valence-corrected chi connectivity index (χ2v) is 5.25. The standard InChI is InChI=1S/C19H24N2O2/c1-4-21(5-2)17-10-8-16(9-11-17)19(22)20-14-15-6-12-18(23-3)13-7-15/h6-13H,4-5,14H2,1-3H3,(H,20,22). The van der Waals surface area contributed by atoms with Gasteiger partial charge >= 0.3 is 0 Å². The maximum Gasteiger partial charge on any atom is 0.251 e. The van der Waals surface area contributed by atoms with E-state index in [-0.39, 0.29) is 5.91 Å². The number of hydrogen-bond donors (Lipinski definition) is 1.